The van der Waals surface area contributed by atoms with Crippen molar-refractivity contribution in [3.05, 3.63) is 12.3 Å². The van der Waals surface area contributed by atoms with Crippen LogP contribution in [0.3, 0.4) is 0 Å². The number of aryl methyl sites for hydroxylation is 1. The molecule has 0 saturated carbocycles. The zero-order chi connectivity index (χ0) is 11.8. The van der Waals surface area contributed by atoms with E-state index in [1.165, 1.54) is 21.3 Å². The lowest BCUT2D eigenvalue weighted by molar-refractivity contribution is 0.405. The first-order chi connectivity index (χ1) is 7.57. The van der Waals surface area contributed by atoms with Crippen LogP contribution in [0.25, 0.3) is 0 Å². The Labute approximate surface area is 100 Å². The summed E-state index contributed by atoms with van der Waals surface area (Å²) in [5, 5.41) is 4.11. The number of aromatic nitrogens is 2. The fraction of sp³-hybridized carbons (Fsp3) is 0.667. The third-order valence-electron chi connectivity index (χ3n) is 2.85. The van der Waals surface area contributed by atoms with E-state index in [-0.39, 0.29) is 11.1 Å². The molecule has 0 amide bonds. The number of rotatable bonds is 3. The summed E-state index contributed by atoms with van der Waals surface area (Å²) in [4.78, 5) is 0. The summed E-state index contributed by atoms with van der Waals surface area (Å²) in [6, 6.07) is 1.43. The number of hydrogen-bond acceptors (Lipinski definition) is 3. The van der Waals surface area contributed by atoms with Gasteiger partial charge in [0.05, 0.1) is 6.20 Å². The molecule has 1 aromatic heterocycles. The average Bonchev–Trinajstić information content (AvgIpc) is 2.85. The molecule has 0 radical (unpaired) electrons. The zero-order valence-electron chi connectivity index (χ0n) is 9.00. The lowest BCUT2D eigenvalue weighted by atomic mass is 10.3. The Morgan fingerprint density at radius 2 is 2.38 bits per heavy atom. The summed E-state index contributed by atoms with van der Waals surface area (Å²) >= 11 is 5.78. The summed E-state index contributed by atoms with van der Waals surface area (Å²) in [5.74, 6) is 0.344. The quantitative estimate of drug-likeness (QED) is 0.759. The summed E-state index contributed by atoms with van der Waals surface area (Å²) in [5.41, 5.74) is 0. The molecule has 1 aromatic rings. The van der Waals surface area contributed by atoms with E-state index in [2.05, 4.69) is 5.10 Å². The summed E-state index contributed by atoms with van der Waals surface area (Å²) in [6.07, 6.45) is 3.19. The molecule has 7 heteroatoms. The van der Waals surface area contributed by atoms with Crippen LogP contribution in [0.4, 0.5) is 0 Å². The standard InChI is InChI=1S/C9H14ClN3O2S/c1-12-9(4-5-11-12)16(14,15)13-6-2-3-8(13)7-10/h4-5,8H,2-3,6-7H2,1H3. The van der Waals surface area contributed by atoms with Crippen LogP contribution in [-0.4, -0.2) is 41.0 Å². The molecule has 90 valence electrons. The van der Waals surface area contributed by atoms with E-state index in [0.717, 1.165) is 12.8 Å². The molecule has 0 bridgehead atoms. The molecule has 0 N–H and O–H groups in total. The second-order valence-electron chi connectivity index (χ2n) is 3.86. The number of alkyl halides is 1. The summed E-state index contributed by atoms with van der Waals surface area (Å²) in [6.45, 7) is 0.547. The Bertz CT molecular complexity index is 471. The van der Waals surface area contributed by atoms with E-state index in [0.29, 0.717) is 12.4 Å². The molecule has 1 unspecified atom stereocenters. The number of hydrogen-bond donors (Lipinski definition) is 0. The summed E-state index contributed by atoms with van der Waals surface area (Å²) in [7, 11) is -1.81. The van der Waals surface area contributed by atoms with Gasteiger partial charge >= 0.3 is 0 Å². The fourth-order valence-corrected chi connectivity index (χ4v) is 4.21. The topological polar surface area (TPSA) is 55.2 Å². The van der Waals surface area contributed by atoms with Crippen molar-refractivity contribution in [2.75, 3.05) is 12.4 Å². The minimum absolute atomic E-state index is 0.0819. The maximum Gasteiger partial charge on any atom is 0.260 e. The van der Waals surface area contributed by atoms with Gasteiger partial charge < -0.3 is 0 Å². The normalized spacial score (nSPS) is 22.8. The molecule has 1 atom stereocenters. The molecule has 2 rings (SSSR count). The number of nitrogens with zero attached hydrogens (tertiary/aromatic N) is 3. The van der Waals surface area contributed by atoms with Crippen molar-refractivity contribution in [1.82, 2.24) is 14.1 Å². The molecular formula is C9H14ClN3O2S. The van der Waals surface area contributed by atoms with Crippen LogP contribution in [0, 0.1) is 0 Å². The van der Waals surface area contributed by atoms with Crippen LogP contribution >= 0.6 is 11.6 Å². The van der Waals surface area contributed by atoms with Gasteiger partial charge in [0.15, 0.2) is 5.03 Å². The maximum absolute atomic E-state index is 12.3. The van der Waals surface area contributed by atoms with E-state index >= 15 is 0 Å². The first kappa shape index (κ1) is 11.9. The van der Waals surface area contributed by atoms with Crippen molar-refractivity contribution >= 4 is 21.6 Å². The van der Waals surface area contributed by atoms with Gasteiger partial charge in [-0.05, 0) is 18.9 Å². The van der Waals surface area contributed by atoms with Gasteiger partial charge in [-0.25, -0.2) is 8.42 Å². The van der Waals surface area contributed by atoms with Gasteiger partial charge in [0.2, 0.25) is 0 Å². The smallest absolute Gasteiger partial charge is 0.256 e. The second-order valence-corrected chi connectivity index (χ2v) is 6.01. The molecular weight excluding hydrogens is 250 g/mol. The molecule has 0 aromatic carbocycles. The van der Waals surface area contributed by atoms with Gasteiger partial charge in [0, 0.05) is 25.5 Å². The lowest BCUT2D eigenvalue weighted by Gasteiger charge is -2.21. The van der Waals surface area contributed by atoms with Gasteiger partial charge in [0.1, 0.15) is 0 Å². The van der Waals surface area contributed by atoms with Gasteiger partial charge in [-0.2, -0.15) is 9.40 Å². The van der Waals surface area contributed by atoms with Crippen LogP contribution in [0.1, 0.15) is 12.8 Å². The van der Waals surface area contributed by atoms with E-state index in [1.54, 1.807) is 7.05 Å². The van der Waals surface area contributed by atoms with Crippen LogP contribution in [0.15, 0.2) is 17.3 Å². The third kappa shape index (κ3) is 1.85. The Kier molecular flexibility index (Phi) is 3.23. The van der Waals surface area contributed by atoms with Crippen LogP contribution in [0.2, 0.25) is 0 Å². The fourth-order valence-electron chi connectivity index (χ4n) is 2.01. The van der Waals surface area contributed by atoms with Crippen molar-refractivity contribution < 1.29 is 8.42 Å². The largest absolute Gasteiger partial charge is 0.260 e. The molecule has 1 fully saturated rings. The van der Waals surface area contributed by atoms with Gasteiger partial charge in [0.25, 0.3) is 10.0 Å². The predicted molar refractivity (Wildman–Crippen MR) is 60.8 cm³/mol. The molecule has 0 aliphatic carbocycles. The minimum Gasteiger partial charge on any atom is -0.256 e. The predicted octanol–water partition coefficient (Wildman–Crippen LogP) is 0.812. The van der Waals surface area contributed by atoms with Gasteiger partial charge in [-0.15, -0.1) is 11.6 Å². The Hall–Kier alpha value is -0.590. The first-order valence-electron chi connectivity index (χ1n) is 5.13. The third-order valence-corrected chi connectivity index (χ3v) is 5.23. The highest BCUT2D eigenvalue weighted by molar-refractivity contribution is 7.89. The molecule has 1 aliphatic rings. The van der Waals surface area contributed by atoms with Crippen LogP contribution in [0.5, 0.6) is 0 Å². The van der Waals surface area contributed by atoms with Crippen LogP contribution < -0.4 is 0 Å². The molecule has 16 heavy (non-hydrogen) atoms. The van der Waals surface area contributed by atoms with E-state index in [4.69, 9.17) is 11.6 Å². The SMILES string of the molecule is Cn1nccc1S(=O)(=O)N1CCCC1CCl. The van der Waals surface area contributed by atoms with Crippen molar-refractivity contribution in [3.63, 3.8) is 0 Å². The van der Waals surface area contributed by atoms with E-state index in [1.807, 2.05) is 0 Å². The molecule has 2 heterocycles. The Morgan fingerprint density at radius 3 is 2.94 bits per heavy atom. The number of sulfonamides is 1. The number of halogens is 1. The van der Waals surface area contributed by atoms with Crippen LogP contribution in [-0.2, 0) is 17.1 Å². The summed E-state index contributed by atoms with van der Waals surface area (Å²) < 4.78 is 27.4. The van der Waals surface area contributed by atoms with Crippen molar-refractivity contribution in [2.24, 2.45) is 7.05 Å². The first-order valence-corrected chi connectivity index (χ1v) is 7.10. The monoisotopic (exact) mass is 263 g/mol. The van der Waals surface area contributed by atoms with Gasteiger partial charge in [-0.3, -0.25) is 4.68 Å². The van der Waals surface area contributed by atoms with Gasteiger partial charge in [-0.1, -0.05) is 0 Å². The average molecular weight is 264 g/mol. The Morgan fingerprint density at radius 1 is 1.62 bits per heavy atom. The van der Waals surface area contributed by atoms with E-state index in [9.17, 15) is 8.42 Å². The van der Waals surface area contributed by atoms with Crippen molar-refractivity contribution in [2.45, 2.75) is 23.9 Å². The Balaban J connectivity index is 2.36. The lowest BCUT2D eigenvalue weighted by Crippen LogP contribution is -2.37. The molecule has 1 aliphatic heterocycles. The highest BCUT2D eigenvalue weighted by Gasteiger charge is 2.36. The van der Waals surface area contributed by atoms with Crippen molar-refractivity contribution in [1.29, 1.82) is 0 Å². The van der Waals surface area contributed by atoms with E-state index < -0.39 is 10.0 Å². The maximum atomic E-state index is 12.3. The molecule has 0 spiro atoms. The zero-order valence-corrected chi connectivity index (χ0v) is 10.6. The minimum atomic E-state index is -3.44. The van der Waals surface area contributed by atoms with Crippen molar-refractivity contribution in [3.8, 4) is 0 Å². The second kappa shape index (κ2) is 4.35. The highest BCUT2D eigenvalue weighted by atomic mass is 35.5. The molecule has 5 nitrogen and oxygen atoms in total. The molecule has 1 saturated heterocycles. The highest BCUT2D eigenvalue weighted by Crippen LogP contribution is 2.26.